The maximum Gasteiger partial charge on any atom is 0.262 e. The molecular formula is C19H23ClFN3O3S. The number of hydrogen-bond donors (Lipinski definition) is 3. The second-order valence-electron chi connectivity index (χ2n) is 6.77. The molecule has 1 saturated carbocycles. The molecule has 28 heavy (non-hydrogen) atoms. The number of aryl methyl sites for hydroxylation is 1. The Morgan fingerprint density at radius 1 is 1.25 bits per heavy atom. The minimum absolute atomic E-state index is 0. The van der Waals surface area contributed by atoms with Crippen LogP contribution < -0.4 is 15.8 Å². The zero-order valence-corrected chi connectivity index (χ0v) is 16.9. The SMILES string of the molecule is Cc1ccc(S(=O)(=O)Nc2ccccc2F)cc1C(=O)NCC(N)C1CC1.Cl. The largest absolute Gasteiger partial charge is 0.350 e. The van der Waals surface area contributed by atoms with Crippen LogP contribution in [-0.4, -0.2) is 26.9 Å². The Bertz CT molecular complexity index is 965. The van der Waals surface area contributed by atoms with E-state index in [-0.39, 0.29) is 40.5 Å². The Morgan fingerprint density at radius 3 is 2.57 bits per heavy atom. The van der Waals surface area contributed by atoms with Crippen molar-refractivity contribution in [1.29, 1.82) is 0 Å². The number of carbonyl (C=O) groups excluding carboxylic acids is 1. The predicted octanol–water partition coefficient (Wildman–Crippen LogP) is 2.82. The molecule has 1 fully saturated rings. The number of hydrogen-bond acceptors (Lipinski definition) is 4. The van der Waals surface area contributed by atoms with Gasteiger partial charge in [0.2, 0.25) is 0 Å². The van der Waals surface area contributed by atoms with Crippen molar-refractivity contribution in [2.45, 2.75) is 30.7 Å². The fourth-order valence-electron chi connectivity index (χ4n) is 2.76. The molecule has 2 aromatic rings. The maximum absolute atomic E-state index is 13.8. The second kappa shape index (κ2) is 8.89. The summed E-state index contributed by atoms with van der Waals surface area (Å²) in [6.07, 6.45) is 2.15. The lowest BCUT2D eigenvalue weighted by molar-refractivity contribution is 0.0949. The van der Waals surface area contributed by atoms with Gasteiger partial charge in [-0.1, -0.05) is 18.2 Å². The average Bonchev–Trinajstić information content (AvgIpc) is 3.46. The van der Waals surface area contributed by atoms with Crippen LogP contribution in [0.4, 0.5) is 10.1 Å². The summed E-state index contributed by atoms with van der Waals surface area (Å²) in [5.74, 6) is -0.616. The molecule has 0 aromatic heterocycles. The van der Waals surface area contributed by atoms with Crippen LogP contribution in [0.25, 0.3) is 0 Å². The van der Waals surface area contributed by atoms with E-state index in [1.54, 1.807) is 13.0 Å². The molecule has 0 heterocycles. The lowest BCUT2D eigenvalue weighted by Gasteiger charge is -2.14. The number of para-hydroxylation sites is 1. The molecule has 1 aliphatic carbocycles. The minimum Gasteiger partial charge on any atom is -0.350 e. The molecule has 0 aliphatic heterocycles. The number of nitrogens with one attached hydrogen (secondary N) is 2. The first-order valence-electron chi connectivity index (χ1n) is 8.70. The van der Waals surface area contributed by atoms with E-state index in [9.17, 15) is 17.6 Å². The molecule has 2 aromatic carbocycles. The highest BCUT2D eigenvalue weighted by atomic mass is 35.5. The normalized spacial score (nSPS) is 14.7. The van der Waals surface area contributed by atoms with Crippen molar-refractivity contribution < 1.29 is 17.6 Å². The molecule has 0 spiro atoms. The number of anilines is 1. The molecule has 0 saturated heterocycles. The Hall–Kier alpha value is -2.16. The molecule has 152 valence electrons. The molecule has 3 rings (SSSR count). The molecule has 9 heteroatoms. The number of sulfonamides is 1. The second-order valence-corrected chi connectivity index (χ2v) is 8.46. The summed E-state index contributed by atoms with van der Waals surface area (Å²) in [7, 11) is -4.04. The van der Waals surface area contributed by atoms with Crippen LogP contribution in [0.2, 0.25) is 0 Å². The van der Waals surface area contributed by atoms with Crippen LogP contribution in [-0.2, 0) is 10.0 Å². The van der Waals surface area contributed by atoms with Crippen molar-refractivity contribution in [1.82, 2.24) is 5.32 Å². The Balaban J connectivity index is 0.00000280. The zero-order chi connectivity index (χ0) is 19.6. The van der Waals surface area contributed by atoms with Crippen LogP contribution in [0.3, 0.4) is 0 Å². The van der Waals surface area contributed by atoms with Gasteiger partial charge in [0.15, 0.2) is 0 Å². The Kier molecular flexibility index (Phi) is 7.03. The van der Waals surface area contributed by atoms with Crippen LogP contribution >= 0.6 is 12.4 Å². The quantitative estimate of drug-likeness (QED) is 0.632. The highest BCUT2D eigenvalue weighted by molar-refractivity contribution is 7.92. The van der Waals surface area contributed by atoms with Crippen molar-refractivity contribution in [2.75, 3.05) is 11.3 Å². The lowest BCUT2D eigenvalue weighted by atomic mass is 10.1. The maximum atomic E-state index is 13.8. The van der Waals surface area contributed by atoms with Gasteiger partial charge in [-0.25, -0.2) is 12.8 Å². The first-order valence-corrected chi connectivity index (χ1v) is 10.2. The Labute approximate surface area is 170 Å². The molecular weight excluding hydrogens is 405 g/mol. The molecule has 1 atom stereocenters. The molecule has 0 bridgehead atoms. The van der Waals surface area contributed by atoms with E-state index in [0.717, 1.165) is 18.9 Å². The third kappa shape index (κ3) is 5.21. The van der Waals surface area contributed by atoms with Gasteiger partial charge >= 0.3 is 0 Å². The van der Waals surface area contributed by atoms with Crippen molar-refractivity contribution in [2.24, 2.45) is 11.7 Å². The van der Waals surface area contributed by atoms with Gasteiger partial charge in [-0.3, -0.25) is 9.52 Å². The van der Waals surface area contributed by atoms with Crippen molar-refractivity contribution in [3.63, 3.8) is 0 Å². The standard InChI is InChI=1S/C19H22FN3O3S.ClH/c1-12-6-9-14(27(25,26)23-18-5-3-2-4-16(18)20)10-15(12)19(24)22-11-17(21)13-7-8-13;/h2-6,9-10,13,17,23H,7-8,11,21H2,1H3,(H,22,24);1H. The molecule has 6 nitrogen and oxygen atoms in total. The number of benzene rings is 2. The van der Waals surface area contributed by atoms with Gasteiger partial charge in [-0.15, -0.1) is 12.4 Å². The number of halogens is 2. The van der Waals surface area contributed by atoms with E-state index < -0.39 is 15.8 Å². The average molecular weight is 428 g/mol. The lowest BCUT2D eigenvalue weighted by Crippen LogP contribution is -2.38. The first kappa shape index (κ1) is 22.1. The van der Waals surface area contributed by atoms with Gasteiger partial charge < -0.3 is 11.1 Å². The van der Waals surface area contributed by atoms with Crippen LogP contribution in [0.15, 0.2) is 47.4 Å². The summed E-state index contributed by atoms with van der Waals surface area (Å²) in [4.78, 5) is 12.3. The van der Waals surface area contributed by atoms with Gasteiger partial charge in [0.25, 0.3) is 15.9 Å². The van der Waals surface area contributed by atoms with E-state index in [0.29, 0.717) is 18.0 Å². The fourth-order valence-corrected chi connectivity index (χ4v) is 3.85. The van der Waals surface area contributed by atoms with Crippen LogP contribution in [0.5, 0.6) is 0 Å². The number of rotatable bonds is 7. The van der Waals surface area contributed by atoms with Crippen molar-refractivity contribution in [3.05, 3.63) is 59.4 Å². The van der Waals surface area contributed by atoms with Crippen LogP contribution in [0, 0.1) is 18.7 Å². The summed E-state index contributed by atoms with van der Waals surface area (Å²) in [5.41, 5.74) is 6.71. The van der Waals surface area contributed by atoms with E-state index in [1.807, 2.05) is 0 Å². The molecule has 4 N–H and O–H groups in total. The van der Waals surface area contributed by atoms with Crippen LogP contribution in [0.1, 0.15) is 28.8 Å². The van der Waals surface area contributed by atoms with E-state index in [2.05, 4.69) is 10.0 Å². The van der Waals surface area contributed by atoms with Gasteiger partial charge in [-0.05, 0) is 55.5 Å². The molecule has 1 unspecified atom stereocenters. The monoisotopic (exact) mass is 427 g/mol. The summed E-state index contributed by atoms with van der Waals surface area (Å²) >= 11 is 0. The number of amides is 1. The first-order chi connectivity index (χ1) is 12.8. The summed E-state index contributed by atoms with van der Waals surface area (Å²) in [6.45, 7) is 2.06. The molecule has 1 amide bonds. The zero-order valence-electron chi connectivity index (χ0n) is 15.3. The highest BCUT2D eigenvalue weighted by Crippen LogP contribution is 2.31. The number of nitrogens with two attached hydrogens (primary N) is 1. The topological polar surface area (TPSA) is 101 Å². The number of carbonyl (C=O) groups is 1. The van der Waals surface area contributed by atoms with E-state index in [1.165, 1.54) is 30.3 Å². The van der Waals surface area contributed by atoms with E-state index in [4.69, 9.17) is 5.73 Å². The Morgan fingerprint density at radius 2 is 1.93 bits per heavy atom. The van der Waals surface area contributed by atoms with Gasteiger partial charge in [0.1, 0.15) is 5.82 Å². The summed E-state index contributed by atoms with van der Waals surface area (Å²) in [5, 5.41) is 2.76. The van der Waals surface area contributed by atoms with Gasteiger partial charge in [0, 0.05) is 18.2 Å². The van der Waals surface area contributed by atoms with Gasteiger partial charge in [0.05, 0.1) is 10.6 Å². The highest BCUT2D eigenvalue weighted by Gasteiger charge is 2.28. The fraction of sp³-hybridized carbons (Fsp3) is 0.316. The van der Waals surface area contributed by atoms with Crippen molar-refractivity contribution in [3.8, 4) is 0 Å². The third-order valence-electron chi connectivity index (χ3n) is 4.61. The predicted molar refractivity (Wildman–Crippen MR) is 109 cm³/mol. The summed E-state index contributed by atoms with van der Waals surface area (Å²) in [6, 6.07) is 9.60. The smallest absolute Gasteiger partial charge is 0.262 e. The van der Waals surface area contributed by atoms with E-state index >= 15 is 0 Å². The molecule has 0 radical (unpaired) electrons. The summed E-state index contributed by atoms with van der Waals surface area (Å²) < 4.78 is 41.1. The molecule has 1 aliphatic rings. The third-order valence-corrected chi connectivity index (χ3v) is 5.97. The minimum atomic E-state index is -4.04. The van der Waals surface area contributed by atoms with Gasteiger partial charge in [-0.2, -0.15) is 0 Å². The van der Waals surface area contributed by atoms with Crippen molar-refractivity contribution >= 4 is 34.0 Å².